The molecule has 43 heavy (non-hydrogen) atoms. The summed E-state index contributed by atoms with van der Waals surface area (Å²) in [5.41, 5.74) is 1.84. The zero-order valence-electron chi connectivity index (χ0n) is 26.3. The summed E-state index contributed by atoms with van der Waals surface area (Å²) < 4.78 is 34.8. The van der Waals surface area contributed by atoms with E-state index in [1.165, 1.54) is 12.1 Å². The molecular formula is C32H44BrClFN3O4Si. The van der Waals surface area contributed by atoms with Gasteiger partial charge in [-0.1, -0.05) is 43.4 Å². The summed E-state index contributed by atoms with van der Waals surface area (Å²) in [5.74, 6) is -0.286. The molecule has 0 aliphatic carbocycles. The molecule has 0 unspecified atom stereocenters. The van der Waals surface area contributed by atoms with Crippen molar-refractivity contribution in [2.24, 2.45) is 0 Å². The van der Waals surface area contributed by atoms with Gasteiger partial charge in [-0.2, -0.15) is 5.10 Å². The molecule has 1 fully saturated rings. The third-order valence-corrected chi connectivity index (χ3v) is 10.4. The molecule has 0 N–H and O–H groups in total. The van der Waals surface area contributed by atoms with E-state index >= 15 is 0 Å². The fourth-order valence-electron chi connectivity index (χ4n) is 5.35. The Balaban J connectivity index is 1.56. The minimum atomic E-state index is -1.22. The first-order valence-electron chi connectivity index (χ1n) is 14.9. The highest BCUT2D eigenvalue weighted by Gasteiger charge is 2.39. The molecular weight excluding hydrogens is 653 g/mol. The minimum Gasteiger partial charge on any atom is -0.444 e. The van der Waals surface area contributed by atoms with Crippen LogP contribution in [0.15, 0.2) is 41.0 Å². The van der Waals surface area contributed by atoms with E-state index in [1.807, 2.05) is 56.6 Å². The van der Waals surface area contributed by atoms with Crippen LogP contribution in [-0.2, 0) is 26.4 Å². The number of fused-ring (bicyclic) bond motifs is 1. The van der Waals surface area contributed by atoms with Gasteiger partial charge < -0.3 is 19.1 Å². The zero-order chi connectivity index (χ0) is 31.6. The number of amides is 1. The summed E-state index contributed by atoms with van der Waals surface area (Å²) in [6.07, 6.45) is 0.668. The number of ether oxygens (including phenoxy) is 3. The summed E-state index contributed by atoms with van der Waals surface area (Å²) in [7, 11) is -1.22. The largest absolute Gasteiger partial charge is 0.444 e. The van der Waals surface area contributed by atoms with Gasteiger partial charge in [0.2, 0.25) is 0 Å². The van der Waals surface area contributed by atoms with Gasteiger partial charge in [-0.3, -0.25) is 0 Å². The highest BCUT2D eigenvalue weighted by Crippen LogP contribution is 2.40. The second-order valence-corrected chi connectivity index (χ2v) is 20.5. The monoisotopic (exact) mass is 695 g/mol. The first-order chi connectivity index (χ1) is 20.1. The third-order valence-electron chi connectivity index (χ3n) is 7.88. The van der Waals surface area contributed by atoms with E-state index in [0.717, 1.165) is 28.1 Å². The topological polar surface area (TPSA) is 65.8 Å². The van der Waals surface area contributed by atoms with Crippen LogP contribution < -0.4 is 0 Å². The average Bonchev–Trinajstić information content (AvgIpc) is 3.23. The van der Waals surface area contributed by atoms with E-state index < -0.39 is 19.1 Å². The van der Waals surface area contributed by atoms with Crippen molar-refractivity contribution in [1.29, 1.82) is 0 Å². The molecule has 4 rings (SSSR count). The summed E-state index contributed by atoms with van der Waals surface area (Å²) in [5, 5.41) is 6.19. The molecule has 1 saturated heterocycles. The SMILES string of the molecule is C[C@@H](OCC1(c2ccc(F)cc2)CCN(C(=O)OC(C)(C)C)CC1)c1cc(Cl)cc2c(Br)nn(COCC[Si](C)(C)C)c12. The number of carbonyl (C=O) groups is 1. The number of hydrogen-bond acceptors (Lipinski definition) is 5. The number of halogens is 3. The zero-order valence-corrected chi connectivity index (χ0v) is 29.6. The molecule has 1 amide bonds. The van der Waals surface area contributed by atoms with Gasteiger partial charge in [-0.15, -0.1) is 0 Å². The summed E-state index contributed by atoms with van der Waals surface area (Å²) >= 11 is 10.2. The van der Waals surface area contributed by atoms with Gasteiger partial charge in [-0.25, -0.2) is 13.9 Å². The fraction of sp³-hybridized carbons (Fsp3) is 0.562. The molecule has 0 saturated carbocycles. The van der Waals surface area contributed by atoms with Crippen LogP contribution in [0.4, 0.5) is 9.18 Å². The molecule has 1 aliphatic rings. The second-order valence-electron chi connectivity index (χ2n) is 13.7. The van der Waals surface area contributed by atoms with Gasteiger partial charge in [0.15, 0.2) is 0 Å². The second kappa shape index (κ2) is 13.6. The van der Waals surface area contributed by atoms with Gasteiger partial charge in [0, 0.05) is 49.2 Å². The van der Waals surface area contributed by atoms with Crippen molar-refractivity contribution in [2.45, 2.75) is 90.1 Å². The van der Waals surface area contributed by atoms with E-state index in [0.29, 0.717) is 55.5 Å². The number of likely N-dealkylation sites (tertiary alicyclic amines) is 1. The lowest BCUT2D eigenvalue weighted by Gasteiger charge is -2.42. The van der Waals surface area contributed by atoms with Gasteiger partial charge >= 0.3 is 6.09 Å². The Morgan fingerprint density at radius 2 is 1.81 bits per heavy atom. The van der Waals surface area contributed by atoms with Crippen LogP contribution in [0.3, 0.4) is 0 Å². The van der Waals surface area contributed by atoms with Crippen molar-refractivity contribution in [3.8, 4) is 0 Å². The highest BCUT2D eigenvalue weighted by molar-refractivity contribution is 9.10. The van der Waals surface area contributed by atoms with E-state index in [1.54, 1.807) is 4.90 Å². The molecule has 11 heteroatoms. The summed E-state index contributed by atoms with van der Waals surface area (Å²) in [6, 6.07) is 11.5. The van der Waals surface area contributed by atoms with Crippen LogP contribution in [0.1, 0.15) is 57.8 Å². The number of rotatable bonds is 10. The quantitative estimate of drug-likeness (QED) is 0.156. The van der Waals surface area contributed by atoms with Gasteiger partial charge in [0.1, 0.15) is 22.8 Å². The normalized spacial score (nSPS) is 16.5. The maximum atomic E-state index is 13.9. The molecule has 0 bridgehead atoms. The van der Waals surface area contributed by atoms with E-state index in [2.05, 4.69) is 35.6 Å². The summed E-state index contributed by atoms with van der Waals surface area (Å²) in [6.45, 7) is 17.0. The molecule has 2 heterocycles. The van der Waals surface area contributed by atoms with Crippen LogP contribution in [0.2, 0.25) is 30.7 Å². The average molecular weight is 697 g/mol. The van der Waals surface area contributed by atoms with E-state index in [4.69, 9.17) is 30.9 Å². The van der Waals surface area contributed by atoms with Crippen molar-refractivity contribution in [1.82, 2.24) is 14.7 Å². The van der Waals surface area contributed by atoms with Crippen molar-refractivity contribution < 1.29 is 23.4 Å². The van der Waals surface area contributed by atoms with Gasteiger partial charge in [-0.05, 0) is 92.3 Å². The maximum absolute atomic E-state index is 13.9. The Bertz CT molecular complexity index is 1410. The number of benzene rings is 2. The third kappa shape index (κ3) is 8.81. The van der Waals surface area contributed by atoms with Gasteiger partial charge in [0.05, 0.1) is 18.2 Å². The van der Waals surface area contributed by atoms with Crippen molar-refractivity contribution in [3.05, 3.63) is 63.0 Å². The molecule has 0 radical (unpaired) electrons. The van der Waals surface area contributed by atoms with Crippen LogP contribution in [0, 0.1) is 5.82 Å². The lowest BCUT2D eigenvalue weighted by Crippen LogP contribution is -2.48. The number of nitrogens with zero attached hydrogens (tertiary/aromatic N) is 3. The first kappa shape index (κ1) is 33.9. The lowest BCUT2D eigenvalue weighted by molar-refractivity contribution is -0.00947. The van der Waals surface area contributed by atoms with E-state index in [9.17, 15) is 9.18 Å². The Kier molecular flexibility index (Phi) is 10.7. The smallest absolute Gasteiger partial charge is 0.410 e. The van der Waals surface area contributed by atoms with Gasteiger partial charge in [0.25, 0.3) is 0 Å². The van der Waals surface area contributed by atoms with Crippen molar-refractivity contribution in [3.63, 3.8) is 0 Å². The molecule has 1 aliphatic heterocycles. The Morgan fingerprint density at radius 3 is 2.42 bits per heavy atom. The molecule has 0 spiro atoms. The van der Waals surface area contributed by atoms with Crippen molar-refractivity contribution in [2.75, 3.05) is 26.3 Å². The predicted octanol–water partition coefficient (Wildman–Crippen LogP) is 8.95. The molecule has 1 atom stereocenters. The Hall–Kier alpha value is -1.98. The lowest BCUT2D eigenvalue weighted by atomic mass is 9.73. The number of hydrogen-bond donors (Lipinski definition) is 0. The number of aromatic nitrogens is 2. The first-order valence-corrected chi connectivity index (χ1v) is 19.7. The van der Waals surface area contributed by atoms with Crippen LogP contribution in [0.5, 0.6) is 0 Å². The highest BCUT2D eigenvalue weighted by atomic mass is 79.9. The van der Waals surface area contributed by atoms with Crippen LogP contribution in [0.25, 0.3) is 10.9 Å². The minimum absolute atomic E-state index is 0.286. The van der Waals surface area contributed by atoms with E-state index in [-0.39, 0.29) is 18.0 Å². The molecule has 7 nitrogen and oxygen atoms in total. The standard InChI is InChI=1S/C32H44BrClFN3O4Si/c1-22(26-18-24(34)19-27-28(26)38(36-29(27)33)21-40-16-17-43(5,6)7)41-20-32(23-8-10-25(35)11-9-23)12-14-37(15-13-32)30(39)42-31(2,3)4/h8-11,18-19,22H,12-17,20-21H2,1-7H3/t22-/m1/s1. The molecule has 1 aromatic heterocycles. The summed E-state index contributed by atoms with van der Waals surface area (Å²) in [4.78, 5) is 14.5. The van der Waals surface area contributed by atoms with Crippen LogP contribution in [-0.4, -0.2) is 60.8 Å². The Labute approximate surface area is 269 Å². The number of piperidine rings is 1. The molecule has 236 valence electrons. The molecule has 3 aromatic rings. The van der Waals surface area contributed by atoms with Crippen molar-refractivity contribution >= 4 is 52.6 Å². The Morgan fingerprint density at radius 1 is 1.16 bits per heavy atom. The predicted molar refractivity (Wildman–Crippen MR) is 176 cm³/mol. The van der Waals surface area contributed by atoms with Crippen LogP contribution >= 0.6 is 27.5 Å². The molecule has 2 aromatic carbocycles. The number of carbonyl (C=O) groups excluding carboxylic acids is 1. The fourth-order valence-corrected chi connectivity index (χ4v) is 6.82. The maximum Gasteiger partial charge on any atom is 0.410 e.